The number of hydrogen-bond donors (Lipinski definition) is 3. The highest BCUT2D eigenvalue weighted by molar-refractivity contribution is 5.20. The lowest BCUT2D eigenvalue weighted by Crippen LogP contribution is -2.57. The molecule has 1 aromatic rings. The lowest BCUT2D eigenvalue weighted by atomic mass is 9.86. The van der Waals surface area contributed by atoms with Crippen LogP contribution in [0.5, 0.6) is 0 Å². The van der Waals surface area contributed by atoms with Crippen LogP contribution in [0.2, 0.25) is 0 Å². The van der Waals surface area contributed by atoms with Gasteiger partial charge >= 0.3 is 5.69 Å². The number of β-amino-alcohol motifs (C(OH)–C–C–N with tert-alkyl or cyclic N) is 1. The Morgan fingerprint density at radius 1 is 1.50 bits per heavy atom. The first kappa shape index (κ1) is 16.5. The molecule has 20 heavy (non-hydrogen) atoms. The average molecular weight is 286 g/mol. The fraction of sp³-hybridized carbons (Fsp3) is 0.750. The van der Waals surface area contributed by atoms with Crippen LogP contribution in [-0.2, 0) is 6.54 Å². The third-order valence-electron chi connectivity index (χ3n) is 3.54. The fourth-order valence-electron chi connectivity index (χ4n) is 1.42. The van der Waals surface area contributed by atoms with E-state index >= 15 is 0 Å². The maximum absolute atomic E-state index is 10.5. The molecule has 1 aromatic heterocycles. The van der Waals surface area contributed by atoms with E-state index in [1.54, 1.807) is 13.8 Å². The molecule has 0 radical (unpaired) electrons. The molecular weight excluding hydrogens is 264 g/mol. The summed E-state index contributed by atoms with van der Waals surface area (Å²) in [7, 11) is 0. The van der Waals surface area contributed by atoms with Crippen LogP contribution in [0.4, 0.5) is 5.69 Å². The summed E-state index contributed by atoms with van der Waals surface area (Å²) < 4.78 is 1.32. The van der Waals surface area contributed by atoms with Crippen LogP contribution in [0.25, 0.3) is 0 Å². The predicted octanol–water partition coefficient (Wildman–Crippen LogP) is 0.291. The van der Waals surface area contributed by atoms with Crippen molar-refractivity contribution in [2.45, 2.75) is 51.5 Å². The van der Waals surface area contributed by atoms with Crippen molar-refractivity contribution >= 4 is 5.69 Å². The Labute approximate surface area is 117 Å². The van der Waals surface area contributed by atoms with Crippen molar-refractivity contribution in [1.29, 1.82) is 0 Å². The number of nitrogens with one attached hydrogen (secondary N) is 1. The second-order valence-electron chi connectivity index (χ2n) is 5.90. The summed E-state index contributed by atoms with van der Waals surface area (Å²) >= 11 is 0. The van der Waals surface area contributed by atoms with Crippen LogP contribution in [0.1, 0.15) is 27.7 Å². The van der Waals surface area contributed by atoms with Gasteiger partial charge in [0.15, 0.2) is 0 Å². The molecule has 8 heteroatoms. The molecule has 0 aromatic carbocycles. The quantitative estimate of drug-likeness (QED) is 0.490. The Bertz CT molecular complexity index is 464. The summed E-state index contributed by atoms with van der Waals surface area (Å²) in [5.74, 6) is 0. The maximum atomic E-state index is 10.5. The van der Waals surface area contributed by atoms with Gasteiger partial charge < -0.3 is 15.5 Å². The van der Waals surface area contributed by atoms with Gasteiger partial charge in [-0.25, -0.2) is 0 Å². The molecule has 8 nitrogen and oxygen atoms in total. The average Bonchev–Trinajstić information content (AvgIpc) is 2.73. The molecule has 0 fully saturated rings. The molecular formula is C12H22N4O4. The molecule has 3 N–H and O–H groups in total. The minimum Gasteiger partial charge on any atom is -0.390 e. The zero-order valence-corrected chi connectivity index (χ0v) is 12.2. The number of nitro groups is 1. The van der Waals surface area contributed by atoms with Crippen molar-refractivity contribution in [2.24, 2.45) is 0 Å². The zero-order chi connectivity index (χ0) is 15.6. The molecule has 0 aliphatic heterocycles. The van der Waals surface area contributed by atoms with Gasteiger partial charge in [0.25, 0.3) is 0 Å². The second-order valence-corrected chi connectivity index (χ2v) is 5.90. The molecule has 0 aliphatic carbocycles. The smallest absolute Gasteiger partial charge is 0.306 e. The monoisotopic (exact) mass is 286 g/mol. The summed E-state index contributed by atoms with van der Waals surface area (Å²) in [6, 6.07) is 0. The fourth-order valence-corrected chi connectivity index (χ4v) is 1.42. The Kier molecular flexibility index (Phi) is 4.85. The molecule has 0 amide bonds. The van der Waals surface area contributed by atoms with Crippen molar-refractivity contribution in [3.05, 3.63) is 22.5 Å². The van der Waals surface area contributed by atoms with Crippen LogP contribution in [0, 0.1) is 10.1 Å². The first-order valence-electron chi connectivity index (χ1n) is 6.35. The Morgan fingerprint density at radius 2 is 2.10 bits per heavy atom. The van der Waals surface area contributed by atoms with E-state index < -0.39 is 22.2 Å². The minimum absolute atomic E-state index is 0.109. The molecule has 0 saturated heterocycles. The van der Waals surface area contributed by atoms with Crippen LogP contribution < -0.4 is 5.32 Å². The van der Waals surface area contributed by atoms with Gasteiger partial charge in [-0.05, 0) is 27.7 Å². The predicted molar refractivity (Wildman–Crippen MR) is 73.3 cm³/mol. The first-order chi connectivity index (χ1) is 9.03. The molecule has 0 aliphatic rings. The Morgan fingerprint density at radius 3 is 2.55 bits per heavy atom. The van der Waals surface area contributed by atoms with Crippen molar-refractivity contribution < 1.29 is 15.1 Å². The van der Waals surface area contributed by atoms with Crippen molar-refractivity contribution in [3.8, 4) is 0 Å². The zero-order valence-electron chi connectivity index (χ0n) is 12.2. The normalized spacial score (nSPS) is 14.3. The van der Waals surface area contributed by atoms with Gasteiger partial charge in [0, 0.05) is 12.1 Å². The third-order valence-corrected chi connectivity index (χ3v) is 3.54. The molecule has 114 valence electrons. The van der Waals surface area contributed by atoms with Crippen molar-refractivity contribution in [1.82, 2.24) is 15.1 Å². The highest BCUT2D eigenvalue weighted by atomic mass is 16.6. The van der Waals surface area contributed by atoms with Crippen molar-refractivity contribution in [2.75, 3.05) is 6.54 Å². The van der Waals surface area contributed by atoms with E-state index in [-0.39, 0.29) is 18.8 Å². The van der Waals surface area contributed by atoms with E-state index in [1.807, 2.05) is 13.8 Å². The Balaban J connectivity index is 2.51. The molecule has 0 spiro atoms. The standard InChI is InChI=1S/C12H22N4O4/c1-11(2,12(3,4)18)13-6-10(17)8-15-7-9(5-14-15)16(19)20/h5,7,10,13,17-18H,6,8H2,1-4H3. The molecule has 1 heterocycles. The van der Waals surface area contributed by atoms with Gasteiger partial charge in [-0.1, -0.05) is 0 Å². The van der Waals surface area contributed by atoms with Gasteiger partial charge in [0.1, 0.15) is 12.4 Å². The molecule has 1 unspecified atom stereocenters. The van der Waals surface area contributed by atoms with Crippen LogP contribution in [0.3, 0.4) is 0 Å². The summed E-state index contributed by atoms with van der Waals surface area (Å²) in [5, 5.41) is 37.3. The van der Waals surface area contributed by atoms with Crippen LogP contribution >= 0.6 is 0 Å². The summed E-state index contributed by atoms with van der Waals surface area (Å²) in [6.07, 6.45) is 1.64. The largest absolute Gasteiger partial charge is 0.390 e. The van der Waals surface area contributed by atoms with Gasteiger partial charge in [-0.2, -0.15) is 5.10 Å². The van der Waals surface area contributed by atoms with E-state index in [9.17, 15) is 20.3 Å². The van der Waals surface area contributed by atoms with E-state index in [0.717, 1.165) is 6.20 Å². The summed E-state index contributed by atoms with van der Waals surface area (Å²) in [4.78, 5) is 9.98. The van der Waals surface area contributed by atoms with Crippen LogP contribution in [-0.4, -0.2) is 48.7 Å². The second kappa shape index (κ2) is 5.86. The van der Waals surface area contributed by atoms with E-state index in [1.165, 1.54) is 10.9 Å². The van der Waals surface area contributed by atoms with E-state index in [4.69, 9.17) is 0 Å². The highest BCUT2D eigenvalue weighted by Gasteiger charge is 2.34. The molecule has 0 saturated carbocycles. The van der Waals surface area contributed by atoms with E-state index in [0.29, 0.717) is 0 Å². The highest BCUT2D eigenvalue weighted by Crippen LogP contribution is 2.20. The number of hydrogen-bond acceptors (Lipinski definition) is 6. The van der Waals surface area contributed by atoms with Gasteiger partial charge in [0.2, 0.25) is 0 Å². The Hall–Kier alpha value is -1.51. The van der Waals surface area contributed by atoms with E-state index in [2.05, 4.69) is 10.4 Å². The number of aromatic nitrogens is 2. The maximum Gasteiger partial charge on any atom is 0.306 e. The number of rotatable bonds is 7. The molecule has 1 atom stereocenters. The topological polar surface area (TPSA) is 113 Å². The summed E-state index contributed by atoms with van der Waals surface area (Å²) in [6.45, 7) is 7.41. The molecule has 1 rings (SSSR count). The van der Waals surface area contributed by atoms with Gasteiger partial charge in [-0.15, -0.1) is 0 Å². The van der Waals surface area contributed by atoms with Gasteiger partial charge in [-0.3, -0.25) is 14.8 Å². The lowest BCUT2D eigenvalue weighted by molar-refractivity contribution is -0.385. The first-order valence-corrected chi connectivity index (χ1v) is 6.35. The van der Waals surface area contributed by atoms with Crippen LogP contribution in [0.15, 0.2) is 12.4 Å². The summed E-state index contributed by atoms with van der Waals surface area (Å²) in [5.41, 5.74) is -1.64. The van der Waals surface area contributed by atoms with Crippen molar-refractivity contribution in [3.63, 3.8) is 0 Å². The number of aliphatic hydroxyl groups is 2. The minimum atomic E-state index is -0.947. The number of aliphatic hydroxyl groups excluding tert-OH is 1. The number of nitrogens with zero attached hydrogens (tertiary/aromatic N) is 3. The SMILES string of the molecule is CC(C)(O)C(C)(C)NCC(O)Cn1cc([N+](=O)[O-])cn1. The lowest BCUT2D eigenvalue weighted by Gasteiger charge is -2.38. The third kappa shape index (κ3) is 4.26. The molecule has 0 bridgehead atoms. The van der Waals surface area contributed by atoms with Gasteiger partial charge in [0.05, 0.1) is 23.2 Å².